The summed E-state index contributed by atoms with van der Waals surface area (Å²) in [5.74, 6) is 0. The van der Waals surface area contributed by atoms with Crippen molar-refractivity contribution in [2.75, 3.05) is 13.1 Å². The van der Waals surface area contributed by atoms with Crippen molar-refractivity contribution < 1.29 is 15.3 Å². The van der Waals surface area contributed by atoms with Crippen molar-refractivity contribution in [3.05, 3.63) is 41.6 Å². The Bertz CT molecular complexity index is 858. The van der Waals surface area contributed by atoms with Gasteiger partial charge in [-0.2, -0.15) is 0 Å². The van der Waals surface area contributed by atoms with Gasteiger partial charge in [-0.1, -0.05) is 26.0 Å². The van der Waals surface area contributed by atoms with Crippen molar-refractivity contribution in [2.24, 2.45) is 0 Å². The molecule has 2 aliphatic rings. The quantitative estimate of drug-likeness (QED) is 0.630. The molecule has 4 rings (SSSR count). The lowest BCUT2D eigenvalue weighted by molar-refractivity contribution is -0.0234. The molecule has 5 nitrogen and oxygen atoms in total. The van der Waals surface area contributed by atoms with Crippen LogP contribution in [0.25, 0.3) is 16.5 Å². The molecule has 5 heteroatoms. The number of nitrogens with zero attached hydrogens (tertiary/aromatic N) is 1. The third-order valence-electron chi connectivity index (χ3n) is 6.19. The van der Waals surface area contributed by atoms with E-state index in [2.05, 4.69) is 28.2 Å². The number of benzene rings is 1. The summed E-state index contributed by atoms with van der Waals surface area (Å²) in [4.78, 5) is 5.57. The average molecular weight is 370 g/mol. The Kier molecular flexibility index (Phi) is 4.89. The van der Waals surface area contributed by atoms with E-state index >= 15 is 0 Å². The number of aromatic amines is 1. The van der Waals surface area contributed by atoms with Crippen LogP contribution < -0.4 is 0 Å². The Morgan fingerprint density at radius 1 is 1.22 bits per heavy atom. The van der Waals surface area contributed by atoms with Crippen molar-refractivity contribution in [1.82, 2.24) is 9.88 Å². The molecule has 146 valence electrons. The van der Waals surface area contributed by atoms with E-state index in [1.165, 1.54) is 10.9 Å². The SMILES string of the molecule is CCC(O)CN1C[C@](O)(CC(O)CC)C=C2c3cccc4[nH]cc(c34)C[C@H]21. The van der Waals surface area contributed by atoms with Crippen LogP contribution in [0, 0.1) is 0 Å². The summed E-state index contributed by atoms with van der Waals surface area (Å²) < 4.78 is 0. The molecule has 4 atom stereocenters. The first-order valence-electron chi connectivity index (χ1n) is 10.1. The van der Waals surface area contributed by atoms with Crippen molar-refractivity contribution in [1.29, 1.82) is 0 Å². The minimum absolute atomic E-state index is 0.138. The van der Waals surface area contributed by atoms with Crippen LogP contribution in [0.1, 0.15) is 44.2 Å². The van der Waals surface area contributed by atoms with E-state index in [1.54, 1.807) is 0 Å². The Morgan fingerprint density at radius 2 is 2.00 bits per heavy atom. The van der Waals surface area contributed by atoms with Crippen molar-refractivity contribution in [2.45, 2.75) is 63.4 Å². The lowest BCUT2D eigenvalue weighted by Crippen LogP contribution is -2.55. The second-order valence-corrected chi connectivity index (χ2v) is 8.22. The van der Waals surface area contributed by atoms with E-state index < -0.39 is 17.8 Å². The number of fused-ring (bicyclic) bond motifs is 2. The first-order chi connectivity index (χ1) is 12.9. The summed E-state index contributed by atoms with van der Waals surface area (Å²) in [6.45, 7) is 4.87. The van der Waals surface area contributed by atoms with Gasteiger partial charge < -0.3 is 20.3 Å². The monoisotopic (exact) mass is 370 g/mol. The van der Waals surface area contributed by atoms with Crippen LogP contribution in [0.4, 0.5) is 0 Å². The molecule has 2 aromatic rings. The molecule has 0 saturated carbocycles. The zero-order valence-corrected chi connectivity index (χ0v) is 16.2. The number of aliphatic hydroxyl groups excluding tert-OH is 2. The normalized spacial score (nSPS) is 27.3. The second kappa shape index (κ2) is 7.06. The topological polar surface area (TPSA) is 79.7 Å². The largest absolute Gasteiger partial charge is 0.393 e. The zero-order valence-electron chi connectivity index (χ0n) is 16.2. The number of H-pyrrole nitrogens is 1. The van der Waals surface area contributed by atoms with Crippen LogP contribution >= 0.6 is 0 Å². The highest BCUT2D eigenvalue weighted by atomic mass is 16.3. The van der Waals surface area contributed by atoms with Gasteiger partial charge in [-0.3, -0.25) is 4.90 Å². The smallest absolute Gasteiger partial charge is 0.0985 e. The number of aromatic nitrogens is 1. The minimum Gasteiger partial charge on any atom is -0.393 e. The summed E-state index contributed by atoms with van der Waals surface area (Å²) in [6, 6.07) is 6.38. The maximum atomic E-state index is 11.4. The lowest BCUT2D eigenvalue weighted by Gasteiger charge is -2.46. The van der Waals surface area contributed by atoms with Gasteiger partial charge in [0.25, 0.3) is 0 Å². The summed E-state index contributed by atoms with van der Waals surface area (Å²) >= 11 is 0. The molecule has 0 bridgehead atoms. The third-order valence-corrected chi connectivity index (χ3v) is 6.19. The van der Waals surface area contributed by atoms with Crippen molar-refractivity contribution in [3.63, 3.8) is 0 Å². The van der Waals surface area contributed by atoms with Gasteiger partial charge in [0.1, 0.15) is 0 Å². The molecule has 2 unspecified atom stereocenters. The lowest BCUT2D eigenvalue weighted by atomic mass is 9.77. The third kappa shape index (κ3) is 3.34. The number of nitrogens with one attached hydrogen (secondary N) is 1. The Labute approximate surface area is 160 Å². The summed E-state index contributed by atoms with van der Waals surface area (Å²) in [5.41, 5.74) is 3.58. The maximum absolute atomic E-state index is 11.4. The van der Waals surface area contributed by atoms with E-state index in [1.807, 2.05) is 26.0 Å². The molecule has 1 aromatic carbocycles. The first-order valence-corrected chi connectivity index (χ1v) is 10.1. The Balaban J connectivity index is 1.80. The first kappa shape index (κ1) is 18.7. The van der Waals surface area contributed by atoms with Gasteiger partial charge in [-0.25, -0.2) is 0 Å². The molecule has 2 heterocycles. The van der Waals surface area contributed by atoms with Gasteiger partial charge in [0, 0.05) is 42.7 Å². The predicted molar refractivity (Wildman–Crippen MR) is 108 cm³/mol. The number of hydrogen-bond acceptors (Lipinski definition) is 4. The highest BCUT2D eigenvalue weighted by Gasteiger charge is 2.42. The van der Waals surface area contributed by atoms with E-state index in [0.717, 1.165) is 23.1 Å². The predicted octanol–water partition coefficient (Wildman–Crippen LogP) is 2.45. The molecule has 0 fully saturated rings. The molecule has 1 aromatic heterocycles. The van der Waals surface area contributed by atoms with E-state index in [0.29, 0.717) is 32.4 Å². The molecule has 4 N–H and O–H groups in total. The van der Waals surface area contributed by atoms with E-state index in [4.69, 9.17) is 0 Å². The number of aliphatic hydroxyl groups is 3. The van der Waals surface area contributed by atoms with Crippen LogP contribution in [0.3, 0.4) is 0 Å². The van der Waals surface area contributed by atoms with Crippen LogP contribution in [-0.4, -0.2) is 62.1 Å². The molecular weight excluding hydrogens is 340 g/mol. The van der Waals surface area contributed by atoms with Gasteiger partial charge in [-0.15, -0.1) is 0 Å². The van der Waals surface area contributed by atoms with Crippen LogP contribution in [0.15, 0.2) is 30.5 Å². The highest BCUT2D eigenvalue weighted by molar-refractivity contribution is 5.98. The highest BCUT2D eigenvalue weighted by Crippen LogP contribution is 2.43. The Morgan fingerprint density at radius 3 is 2.74 bits per heavy atom. The van der Waals surface area contributed by atoms with Crippen LogP contribution in [0.5, 0.6) is 0 Å². The van der Waals surface area contributed by atoms with Gasteiger partial charge in [0.15, 0.2) is 0 Å². The van der Waals surface area contributed by atoms with Crippen LogP contribution in [0.2, 0.25) is 0 Å². The van der Waals surface area contributed by atoms with Gasteiger partial charge in [0.2, 0.25) is 0 Å². The number of β-amino-alcohol motifs (C(OH)–C–C–N with tert-alkyl or cyclic N) is 2. The fourth-order valence-electron chi connectivity index (χ4n) is 4.72. The standard InChI is InChI=1S/C22H30N2O3/c1-3-15(25)9-22(27)10-18-17-6-5-7-19-21(17)14(11-23-19)8-20(18)24(13-22)12-16(26)4-2/h5-7,10-11,15-16,20,23,25-27H,3-4,8-9,12-13H2,1-2H3/t15?,16?,20-,22+/m1/s1. The summed E-state index contributed by atoms with van der Waals surface area (Å²) in [5, 5.41) is 33.1. The summed E-state index contributed by atoms with van der Waals surface area (Å²) in [6.07, 6.45) is 5.58. The molecule has 0 radical (unpaired) electrons. The average Bonchev–Trinajstić information content (AvgIpc) is 3.06. The summed E-state index contributed by atoms with van der Waals surface area (Å²) in [7, 11) is 0. The second-order valence-electron chi connectivity index (χ2n) is 8.22. The fraction of sp³-hybridized carbons (Fsp3) is 0.545. The molecule has 0 amide bonds. The van der Waals surface area contributed by atoms with Gasteiger partial charge in [0.05, 0.1) is 17.8 Å². The molecule has 1 aliphatic heterocycles. The maximum Gasteiger partial charge on any atom is 0.0985 e. The fourth-order valence-corrected chi connectivity index (χ4v) is 4.72. The molecule has 27 heavy (non-hydrogen) atoms. The molecule has 1 aliphatic carbocycles. The van der Waals surface area contributed by atoms with Crippen molar-refractivity contribution in [3.8, 4) is 0 Å². The molecule has 0 saturated heterocycles. The number of hydrogen-bond donors (Lipinski definition) is 4. The van der Waals surface area contributed by atoms with E-state index in [-0.39, 0.29) is 6.04 Å². The zero-order chi connectivity index (χ0) is 19.2. The van der Waals surface area contributed by atoms with Crippen LogP contribution in [-0.2, 0) is 6.42 Å². The van der Waals surface area contributed by atoms with Crippen molar-refractivity contribution >= 4 is 16.5 Å². The minimum atomic E-state index is -1.09. The Hall–Kier alpha value is -1.66. The number of rotatable bonds is 6. The molecule has 0 spiro atoms. The molecular formula is C22H30N2O3. The van der Waals surface area contributed by atoms with Gasteiger partial charge >= 0.3 is 0 Å². The van der Waals surface area contributed by atoms with Gasteiger partial charge in [-0.05, 0) is 48.1 Å². The van der Waals surface area contributed by atoms with E-state index in [9.17, 15) is 15.3 Å².